The molecule has 1 aliphatic rings. The highest BCUT2D eigenvalue weighted by Gasteiger charge is 2.37. The van der Waals surface area contributed by atoms with Crippen molar-refractivity contribution in [1.29, 1.82) is 5.26 Å². The Hall–Kier alpha value is -2.23. The standard InChI is InChI=1S/C14H9ClN4OS/c15-9-3-1-2-8(6-16)12(9)13-19(14(17)20)10-4-5-18-7-11(10)21-13/h1-5,7,13H,(H2,17,20). The van der Waals surface area contributed by atoms with Crippen LogP contribution in [0.1, 0.15) is 16.5 Å². The van der Waals surface area contributed by atoms with Crippen LogP contribution in [0.2, 0.25) is 5.02 Å². The molecular weight excluding hydrogens is 308 g/mol. The quantitative estimate of drug-likeness (QED) is 0.875. The number of fused-ring (bicyclic) bond motifs is 1. The fourth-order valence-corrected chi connectivity index (χ4v) is 3.96. The summed E-state index contributed by atoms with van der Waals surface area (Å²) in [7, 11) is 0. The van der Waals surface area contributed by atoms with Crippen LogP contribution in [0.25, 0.3) is 0 Å². The van der Waals surface area contributed by atoms with Gasteiger partial charge in [-0.25, -0.2) is 4.79 Å². The smallest absolute Gasteiger partial charge is 0.320 e. The van der Waals surface area contributed by atoms with Crippen LogP contribution in [-0.2, 0) is 0 Å². The van der Waals surface area contributed by atoms with Crippen LogP contribution in [0.3, 0.4) is 0 Å². The molecule has 3 rings (SSSR count). The number of thioether (sulfide) groups is 1. The molecule has 2 N–H and O–H groups in total. The van der Waals surface area contributed by atoms with E-state index in [1.54, 1.807) is 36.7 Å². The first-order valence-corrected chi connectivity index (χ1v) is 7.27. The number of pyridine rings is 1. The molecule has 0 fully saturated rings. The molecule has 1 atom stereocenters. The molecule has 2 aromatic rings. The number of primary amides is 1. The Bertz CT molecular complexity index is 774. The molecule has 7 heteroatoms. The van der Waals surface area contributed by atoms with Gasteiger partial charge in [0.2, 0.25) is 0 Å². The number of nitrogens with zero attached hydrogens (tertiary/aromatic N) is 3. The first-order valence-electron chi connectivity index (χ1n) is 6.01. The van der Waals surface area contributed by atoms with E-state index in [4.69, 9.17) is 17.3 Å². The van der Waals surface area contributed by atoms with Crippen LogP contribution in [0.4, 0.5) is 10.5 Å². The van der Waals surface area contributed by atoms with E-state index < -0.39 is 11.4 Å². The highest BCUT2D eigenvalue weighted by molar-refractivity contribution is 8.00. The number of halogens is 1. The first kappa shape index (κ1) is 13.7. The summed E-state index contributed by atoms with van der Waals surface area (Å²) in [6.07, 6.45) is 3.26. The number of amides is 2. The first-order chi connectivity index (χ1) is 10.1. The van der Waals surface area contributed by atoms with Gasteiger partial charge in [0, 0.05) is 23.0 Å². The fraction of sp³-hybridized carbons (Fsp3) is 0.0714. The SMILES string of the molecule is N#Cc1cccc(Cl)c1C1Sc2cnccc2N1C(N)=O. The van der Waals surface area contributed by atoms with E-state index in [1.807, 2.05) is 0 Å². The number of hydrogen-bond acceptors (Lipinski definition) is 4. The Balaban J connectivity index is 2.17. The molecule has 104 valence electrons. The van der Waals surface area contributed by atoms with E-state index in [-0.39, 0.29) is 0 Å². The van der Waals surface area contributed by atoms with E-state index in [0.29, 0.717) is 21.8 Å². The summed E-state index contributed by atoms with van der Waals surface area (Å²) in [4.78, 5) is 18.2. The average Bonchev–Trinajstić information content (AvgIpc) is 2.85. The molecule has 1 aliphatic heterocycles. The lowest BCUT2D eigenvalue weighted by molar-refractivity contribution is 0.253. The summed E-state index contributed by atoms with van der Waals surface area (Å²) in [5.74, 6) is 0. The molecule has 21 heavy (non-hydrogen) atoms. The third-order valence-corrected chi connectivity index (χ3v) is 4.72. The number of urea groups is 1. The van der Waals surface area contributed by atoms with Gasteiger partial charge >= 0.3 is 6.03 Å². The molecular formula is C14H9ClN4OS. The monoisotopic (exact) mass is 316 g/mol. The normalized spacial score (nSPS) is 16.4. The number of anilines is 1. The maximum absolute atomic E-state index is 11.8. The molecule has 0 radical (unpaired) electrons. The van der Waals surface area contributed by atoms with Gasteiger partial charge in [-0.3, -0.25) is 9.88 Å². The minimum Gasteiger partial charge on any atom is -0.351 e. The van der Waals surface area contributed by atoms with Gasteiger partial charge in [-0.05, 0) is 18.2 Å². The van der Waals surface area contributed by atoms with E-state index >= 15 is 0 Å². The zero-order chi connectivity index (χ0) is 15.0. The van der Waals surface area contributed by atoms with Crippen molar-refractivity contribution in [2.24, 2.45) is 5.73 Å². The zero-order valence-electron chi connectivity index (χ0n) is 10.7. The molecule has 0 saturated carbocycles. The highest BCUT2D eigenvalue weighted by atomic mass is 35.5. The average molecular weight is 317 g/mol. The molecule has 0 spiro atoms. The maximum atomic E-state index is 11.8. The van der Waals surface area contributed by atoms with Crippen LogP contribution in [0.15, 0.2) is 41.6 Å². The second kappa shape index (κ2) is 5.28. The Morgan fingerprint density at radius 1 is 1.48 bits per heavy atom. The summed E-state index contributed by atoms with van der Waals surface area (Å²) in [5.41, 5.74) is 7.19. The number of carbonyl (C=O) groups is 1. The van der Waals surface area contributed by atoms with Gasteiger partial charge in [-0.2, -0.15) is 5.26 Å². The highest BCUT2D eigenvalue weighted by Crippen LogP contribution is 2.52. The van der Waals surface area contributed by atoms with Gasteiger partial charge in [0.15, 0.2) is 0 Å². The van der Waals surface area contributed by atoms with E-state index in [2.05, 4.69) is 11.1 Å². The molecule has 1 aromatic carbocycles. The van der Waals surface area contributed by atoms with Crippen LogP contribution in [0.5, 0.6) is 0 Å². The van der Waals surface area contributed by atoms with Gasteiger partial charge in [0.25, 0.3) is 0 Å². The maximum Gasteiger partial charge on any atom is 0.320 e. The fourth-order valence-electron chi connectivity index (χ4n) is 2.27. The number of aromatic nitrogens is 1. The van der Waals surface area contributed by atoms with E-state index in [0.717, 1.165) is 4.90 Å². The van der Waals surface area contributed by atoms with Crippen molar-refractivity contribution >= 4 is 35.1 Å². The van der Waals surface area contributed by atoms with Gasteiger partial charge in [0.05, 0.1) is 22.2 Å². The number of carbonyl (C=O) groups excluding carboxylic acids is 1. The second-order valence-electron chi connectivity index (χ2n) is 4.33. The van der Waals surface area contributed by atoms with Crippen molar-refractivity contribution in [2.45, 2.75) is 10.3 Å². The van der Waals surface area contributed by atoms with Crippen LogP contribution >= 0.6 is 23.4 Å². The number of nitrogens with two attached hydrogens (primary N) is 1. The van der Waals surface area contributed by atoms with E-state index in [1.165, 1.54) is 16.7 Å². The second-order valence-corrected chi connectivity index (χ2v) is 5.86. The van der Waals surface area contributed by atoms with Crippen molar-refractivity contribution in [1.82, 2.24) is 4.98 Å². The van der Waals surface area contributed by atoms with E-state index in [9.17, 15) is 10.1 Å². The van der Waals surface area contributed by atoms with Gasteiger partial charge < -0.3 is 5.73 Å². The number of benzene rings is 1. The number of nitriles is 1. The van der Waals surface area contributed by atoms with Crippen molar-refractivity contribution in [3.63, 3.8) is 0 Å². The lowest BCUT2D eigenvalue weighted by Gasteiger charge is -2.24. The van der Waals surface area contributed by atoms with Crippen molar-refractivity contribution in [3.8, 4) is 6.07 Å². The molecule has 0 aliphatic carbocycles. The number of hydrogen-bond donors (Lipinski definition) is 1. The Morgan fingerprint density at radius 3 is 3.00 bits per heavy atom. The van der Waals surface area contributed by atoms with Gasteiger partial charge in [0.1, 0.15) is 5.37 Å². The zero-order valence-corrected chi connectivity index (χ0v) is 12.2. The predicted molar refractivity (Wildman–Crippen MR) is 81.1 cm³/mol. The van der Waals surface area contributed by atoms with Crippen molar-refractivity contribution in [3.05, 3.63) is 52.8 Å². The third-order valence-electron chi connectivity index (χ3n) is 3.15. The molecule has 1 unspecified atom stereocenters. The summed E-state index contributed by atoms with van der Waals surface area (Å²) in [6, 6.07) is 8.29. The predicted octanol–water partition coefficient (Wildman–Crippen LogP) is 3.30. The molecule has 1 aromatic heterocycles. The Kier molecular flexibility index (Phi) is 3.45. The van der Waals surface area contributed by atoms with Crippen molar-refractivity contribution < 1.29 is 4.79 Å². The van der Waals surface area contributed by atoms with Gasteiger partial charge in [-0.15, -0.1) is 0 Å². The summed E-state index contributed by atoms with van der Waals surface area (Å²) >= 11 is 7.64. The lowest BCUT2D eigenvalue weighted by Crippen LogP contribution is -2.35. The molecule has 2 heterocycles. The number of rotatable bonds is 1. The third kappa shape index (κ3) is 2.20. The van der Waals surface area contributed by atoms with Crippen LogP contribution in [0, 0.1) is 11.3 Å². The topological polar surface area (TPSA) is 83.0 Å². The molecule has 2 amide bonds. The minimum absolute atomic E-state index is 0.423. The molecule has 5 nitrogen and oxygen atoms in total. The van der Waals surface area contributed by atoms with Crippen LogP contribution < -0.4 is 10.6 Å². The summed E-state index contributed by atoms with van der Waals surface area (Å²) in [6.45, 7) is 0. The molecule has 0 bridgehead atoms. The summed E-state index contributed by atoms with van der Waals surface area (Å²) in [5, 5.41) is 9.24. The largest absolute Gasteiger partial charge is 0.351 e. The lowest BCUT2D eigenvalue weighted by atomic mass is 10.1. The van der Waals surface area contributed by atoms with Crippen molar-refractivity contribution in [2.75, 3.05) is 4.90 Å². The Morgan fingerprint density at radius 2 is 2.29 bits per heavy atom. The Labute approximate surface area is 130 Å². The molecule has 0 saturated heterocycles. The van der Waals surface area contributed by atoms with Gasteiger partial charge in [-0.1, -0.05) is 29.4 Å². The summed E-state index contributed by atoms with van der Waals surface area (Å²) < 4.78 is 0. The van der Waals surface area contributed by atoms with Crippen LogP contribution in [-0.4, -0.2) is 11.0 Å². The minimum atomic E-state index is -0.596.